The van der Waals surface area contributed by atoms with Crippen LogP contribution in [0.25, 0.3) is 0 Å². The Morgan fingerprint density at radius 3 is 1.67 bits per heavy atom. The summed E-state index contributed by atoms with van der Waals surface area (Å²) in [5.41, 5.74) is 0. The number of hydrogen-bond acceptors (Lipinski definition) is 1. The lowest BCUT2D eigenvalue weighted by atomic mass is 9.75. The molecule has 0 N–H and O–H groups in total. The Labute approximate surface area is 164 Å². The largest absolute Gasteiger partial charge is 0.450 e. The molecule has 1 aliphatic rings. The lowest BCUT2D eigenvalue weighted by Crippen LogP contribution is -2.35. The molecular formula is C23H41F3O. The molecule has 0 aliphatic heterocycles. The second-order valence-corrected chi connectivity index (χ2v) is 8.54. The molecule has 1 saturated carbocycles. The summed E-state index contributed by atoms with van der Waals surface area (Å²) >= 11 is 0. The van der Waals surface area contributed by atoms with E-state index in [4.69, 9.17) is 0 Å². The van der Waals surface area contributed by atoms with Crippen LogP contribution in [0.3, 0.4) is 0 Å². The van der Waals surface area contributed by atoms with Crippen LogP contribution < -0.4 is 0 Å². The third-order valence-corrected chi connectivity index (χ3v) is 6.20. The van der Waals surface area contributed by atoms with Gasteiger partial charge in [0.25, 0.3) is 0 Å². The Balaban J connectivity index is 2.14. The van der Waals surface area contributed by atoms with E-state index in [1.54, 1.807) is 0 Å². The molecular weight excluding hydrogens is 349 g/mol. The Morgan fingerprint density at radius 1 is 0.778 bits per heavy atom. The zero-order valence-corrected chi connectivity index (χ0v) is 17.4. The number of carbonyl (C=O) groups is 1. The Bertz CT molecular complexity index is 372. The van der Waals surface area contributed by atoms with Gasteiger partial charge in [0.1, 0.15) is 0 Å². The molecule has 0 bridgehead atoms. The fraction of sp³-hybridized carbons (Fsp3) is 0.957. The number of halogens is 3. The van der Waals surface area contributed by atoms with Crippen LogP contribution in [-0.4, -0.2) is 12.0 Å². The minimum atomic E-state index is -4.67. The average Bonchev–Trinajstić information content (AvgIpc) is 2.65. The van der Waals surface area contributed by atoms with Crippen LogP contribution in [0.1, 0.15) is 122 Å². The van der Waals surface area contributed by atoms with E-state index in [1.165, 1.54) is 57.8 Å². The van der Waals surface area contributed by atoms with Crippen molar-refractivity contribution >= 4 is 5.78 Å². The highest BCUT2D eigenvalue weighted by Gasteiger charge is 2.45. The highest BCUT2D eigenvalue weighted by atomic mass is 19.4. The molecule has 0 amide bonds. The molecule has 1 fully saturated rings. The van der Waals surface area contributed by atoms with Gasteiger partial charge < -0.3 is 0 Å². The molecule has 0 aromatic carbocycles. The monoisotopic (exact) mass is 390 g/mol. The van der Waals surface area contributed by atoms with Crippen LogP contribution in [0.2, 0.25) is 0 Å². The highest BCUT2D eigenvalue weighted by Crippen LogP contribution is 2.37. The number of alkyl halides is 3. The molecule has 0 saturated heterocycles. The van der Waals surface area contributed by atoms with Crippen LogP contribution in [-0.2, 0) is 4.79 Å². The Morgan fingerprint density at radius 2 is 1.22 bits per heavy atom. The zero-order chi connectivity index (χ0) is 20.0. The van der Waals surface area contributed by atoms with Gasteiger partial charge in [-0.1, -0.05) is 103 Å². The third kappa shape index (κ3) is 11.1. The summed E-state index contributed by atoms with van der Waals surface area (Å²) in [7, 11) is 0. The second kappa shape index (κ2) is 14.5. The topological polar surface area (TPSA) is 17.1 Å². The van der Waals surface area contributed by atoms with Crippen LogP contribution in [0, 0.1) is 11.8 Å². The van der Waals surface area contributed by atoms with Crippen molar-refractivity contribution in [2.45, 2.75) is 129 Å². The molecule has 4 heteroatoms. The van der Waals surface area contributed by atoms with Crippen molar-refractivity contribution in [2.24, 2.45) is 11.8 Å². The van der Waals surface area contributed by atoms with E-state index < -0.39 is 17.9 Å². The van der Waals surface area contributed by atoms with Crippen LogP contribution in [0.15, 0.2) is 0 Å². The van der Waals surface area contributed by atoms with Crippen LogP contribution in [0.4, 0.5) is 13.2 Å². The van der Waals surface area contributed by atoms with E-state index >= 15 is 0 Å². The maximum absolute atomic E-state index is 13.0. The summed E-state index contributed by atoms with van der Waals surface area (Å²) in [4.78, 5) is 11.9. The van der Waals surface area contributed by atoms with E-state index in [0.717, 1.165) is 51.4 Å². The second-order valence-electron chi connectivity index (χ2n) is 8.54. The van der Waals surface area contributed by atoms with E-state index in [-0.39, 0.29) is 5.92 Å². The van der Waals surface area contributed by atoms with E-state index in [2.05, 4.69) is 6.92 Å². The van der Waals surface area contributed by atoms with Crippen LogP contribution >= 0.6 is 0 Å². The molecule has 1 nitrogen and oxygen atoms in total. The number of carbonyl (C=O) groups excluding carboxylic acids is 1. The molecule has 27 heavy (non-hydrogen) atoms. The lowest BCUT2D eigenvalue weighted by molar-refractivity contribution is -0.178. The summed E-state index contributed by atoms with van der Waals surface area (Å²) in [5.74, 6) is -2.29. The van der Waals surface area contributed by atoms with E-state index in [9.17, 15) is 18.0 Å². The standard InChI is InChI=1S/C23H41F3O/c1-2-3-4-5-6-7-8-9-10-11-12-16-19-21(22(27)23(24,25)26)20-17-14-13-15-18-20/h20-21H,2-19H2,1H3. The Hall–Kier alpha value is -0.540. The van der Waals surface area contributed by atoms with E-state index in [0.29, 0.717) is 6.42 Å². The van der Waals surface area contributed by atoms with Crippen molar-refractivity contribution in [1.29, 1.82) is 0 Å². The maximum Gasteiger partial charge on any atom is 0.450 e. The van der Waals surface area contributed by atoms with Crippen molar-refractivity contribution in [3.8, 4) is 0 Å². The molecule has 1 aliphatic carbocycles. The number of Topliss-reactive ketones (excluding diaryl/α,β-unsaturated/α-hetero) is 1. The molecule has 0 aromatic rings. The summed E-state index contributed by atoms with van der Waals surface area (Å²) in [5, 5.41) is 0. The van der Waals surface area contributed by atoms with Gasteiger partial charge in [-0.3, -0.25) is 4.79 Å². The van der Waals surface area contributed by atoms with Gasteiger partial charge in [0.2, 0.25) is 5.78 Å². The van der Waals surface area contributed by atoms with Crippen molar-refractivity contribution in [3.63, 3.8) is 0 Å². The minimum absolute atomic E-state index is 0.0411. The smallest absolute Gasteiger partial charge is 0.289 e. The fourth-order valence-electron chi connectivity index (χ4n) is 4.53. The van der Waals surface area contributed by atoms with E-state index in [1.807, 2.05) is 0 Å². The quantitative estimate of drug-likeness (QED) is 0.256. The number of hydrogen-bond donors (Lipinski definition) is 0. The number of ketones is 1. The van der Waals surface area contributed by atoms with Gasteiger partial charge in [0.15, 0.2) is 0 Å². The van der Waals surface area contributed by atoms with Gasteiger partial charge in [-0.2, -0.15) is 13.2 Å². The molecule has 0 spiro atoms. The fourth-order valence-corrected chi connectivity index (χ4v) is 4.53. The SMILES string of the molecule is CCCCCCCCCCCCCCC(C(=O)C(F)(F)F)C1CCCCC1. The van der Waals surface area contributed by atoms with Crippen molar-refractivity contribution in [2.75, 3.05) is 0 Å². The minimum Gasteiger partial charge on any atom is -0.289 e. The number of unbranched alkanes of at least 4 members (excludes halogenated alkanes) is 11. The first-order valence-electron chi connectivity index (χ1n) is 11.6. The molecule has 1 atom stereocenters. The first kappa shape index (κ1) is 24.5. The predicted octanol–water partition coefficient (Wildman–Crippen LogP) is 8.41. The average molecular weight is 391 g/mol. The maximum atomic E-state index is 13.0. The van der Waals surface area contributed by atoms with Gasteiger partial charge >= 0.3 is 6.18 Å². The number of rotatable bonds is 15. The molecule has 0 heterocycles. The van der Waals surface area contributed by atoms with Gasteiger partial charge in [0, 0.05) is 5.92 Å². The third-order valence-electron chi connectivity index (χ3n) is 6.20. The first-order chi connectivity index (χ1) is 13.0. The molecule has 160 valence electrons. The van der Waals surface area contributed by atoms with Gasteiger partial charge in [-0.25, -0.2) is 0 Å². The van der Waals surface area contributed by atoms with Crippen molar-refractivity contribution in [3.05, 3.63) is 0 Å². The van der Waals surface area contributed by atoms with Gasteiger partial charge in [-0.05, 0) is 25.2 Å². The van der Waals surface area contributed by atoms with Gasteiger partial charge in [0.05, 0.1) is 0 Å². The zero-order valence-electron chi connectivity index (χ0n) is 17.4. The Kier molecular flexibility index (Phi) is 13.1. The summed E-state index contributed by atoms with van der Waals surface area (Å²) in [6.45, 7) is 2.23. The first-order valence-corrected chi connectivity index (χ1v) is 11.6. The summed E-state index contributed by atoms with van der Waals surface area (Å²) in [6.07, 6.45) is 14.9. The molecule has 1 unspecified atom stereocenters. The predicted molar refractivity (Wildman–Crippen MR) is 107 cm³/mol. The summed E-state index contributed by atoms with van der Waals surface area (Å²) in [6, 6.07) is 0. The normalized spacial score (nSPS) is 17.2. The van der Waals surface area contributed by atoms with Crippen molar-refractivity contribution in [1.82, 2.24) is 0 Å². The molecule has 1 rings (SSSR count). The van der Waals surface area contributed by atoms with Crippen molar-refractivity contribution < 1.29 is 18.0 Å². The van der Waals surface area contributed by atoms with Crippen LogP contribution in [0.5, 0.6) is 0 Å². The highest BCUT2D eigenvalue weighted by molar-refractivity contribution is 5.86. The molecule has 0 aromatic heterocycles. The summed E-state index contributed by atoms with van der Waals surface area (Å²) < 4.78 is 38.9. The lowest BCUT2D eigenvalue weighted by Gasteiger charge is -2.29. The van der Waals surface area contributed by atoms with Gasteiger partial charge in [-0.15, -0.1) is 0 Å². The molecule has 0 radical (unpaired) electrons.